The summed E-state index contributed by atoms with van der Waals surface area (Å²) in [6.45, 7) is 4.72. The highest BCUT2D eigenvalue weighted by molar-refractivity contribution is 6.11. The molecule has 3 nitrogen and oxygen atoms in total. The molecule has 1 aliphatic heterocycles. The molecule has 0 N–H and O–H groups in total. The fourth-order valence-corrected chi connectivity index (χ4v) is 12.1. The minimum atomic E-state index is -0.643. The summed E-state index contributed by atoms with van der Waals surface area (Å²) in [5, 5.41) is 4.96. The SMILES string of the molecule is CC1(C)c2ccccc2-c2ccc(-n3c4ccccc4c4cc(N(c5ccccc5)c5ccc6c(c5)C5(c7ccccc7O6)c6ccccc6-c6cccc7cccc5c67)ccc43)cc21. The molecular formula is C62H42N2O. The van der Waals surface area contributed by atoms with Gasteiger partial charge in [0.15, 0.2) is 0 Å². The summed E-state index contributed by atoms with van der Waals surface area (Å²) >= 11 is 0. The molecule has 0 saturated carbocycles. The van der Waals surface area contributed by atoms with E-state index in [1.165, 1.54) is 82.8 Å². The Balaban J connectivity index is 0.995. The van der Waals surface area contributed by atoms with Crippen molar-refractivity contribution in [1.29, 1.82) is 0 Å². The van der Waals surface area contributed by atoms with Crippen molar-refractivity contribution in [2.24, 2.45) is 0 Å². The van der Waals surface area contributed by atoms with E-state index in [0.717, 1.165) is 39.7 Å². The summed E-state index contributed by atoms with van der Waals surface area (Å²) in [6, 6.07) is 80.6. The molecule has 2 aliphatic carbocycles. The van der Waals surface area contributed by atoms with Crippen molar-refractivity contribution in [3.8, 4) is 39.4 Å². The van der Waals surface area contributed by atoms with Crippen molar-refractivity contribution in [2.45, 2.75) is 24.7 Å². The molecule has 0 bridgehead atoms. The number of ether oxygens (including phenoxy) is 1. The average molecular weight is 831 g/mol. The van der Waals surface area contributed by atoms with Crippen LogP contribution in [0.5, 0.6) is 11.5 Å². The maximum atomic E-state index is 6.94. The topological polar surface area (TPSA) is 17.4 Å². The molecule has 306 valence electrons. The molecule has 3 aliphatic rings. The molecule has 1 atom stereocenters. The average Bonchev–Trinajstić information content (AvgIpc) is 3.80. The van der Waals surface area contributed by atoms with E-state index in [4.69, 9.17) is 4.74 Å². The Labute approximate surface area is 378 Å². The van der Waals surface area contributed by atoms with Crippen LogP contribution in [0.3, 0.4) is 0 Å². The van der Waals surface area contributed by atoms with Crippen LogP contribution in [0.4, 0.5) is 17.1 Å². The predicted octanol–water partition coefficient (Wildman–Crippen LogP) is 16.2. The van der Waals surface area contributed by atoms with Crippen LogP contribution in [0.1, 0.15) is 47.2 Å². The highest BCUT2D eigenvalue weighted by atomic mass is 16.5. The lowest BCUT2D eigenvalue weighted by atomic mass is 9.58. The summed E-state index contributed by atoms with van der Waals surface area (Å²) in [5.74, 6) is 1.75. The molecule has 2 heterocycles. The van der Waals surface area contributed by atoms with Gasteiger partial charge in [-0.2, -0.15) is 0 Å². The van der Waals surface area contributed by atoms with E-state index in [2.05, 4.69) is 242 Å². The Kier molecular flexibility index (Phi) is 7.38. The molecule has 3 heteroatoms. The number of anilines is 3. The first kappa shape index (κ1) is 36.4. The standard InChI is InChI=1S/C62H42N2O/c1-61(2)50-24-9-6-20-44(50)46-33-30-43(37-54(46)61)64-56-28-12-8-22-47(56)49-36-41(31-34-57(49)64)63(40-18-4-3-5-19-40)42-32-35-59-55(38-42)62(52-26-11-13-29-58(52)65-59)51-25-10-7-21-45(51)48-23-14-16-39-17-15-27-53(62)60(39)48/h3-38H,1-2H3. The van der Waals surface area contributed by atoms with Gasteiger partial charge in [0.25, 0.3) is 0 Å². The molecule has 0 saturated heterocycles. The van der Waals surface area contributed by atoms with Crippen LogP contribution in [0.2, 0.25) is 0 Å². The van der Waals surface area contributed by atoms with Gasteiger partial charge in [-0.3, -0.25) is 0 Å². The van der Waals surface area contributed by atoms with Crippen molar-refractivity contribution in [1.82, 2.24) is 4.57 Å². The second-order valence-electron chi connectivity index (χ2n) is 18.4. The third kappa shape index (κ3) is 4.85. The smallest absolute Gasteiger partial charge is 0.132 e. The van der Waals surface area contributed by atoms with Gasteiger partial charge < -0.3 is 14.2 Å². The normalized spacial score (nSPS) is 15.8. The lowest BCUT2D eigenvalue weighted by molar-refractivity contribution is 0.435. The third-order valence-electron chi connectivity index (χ3n) is 14.8. The van der Waals surface area contributed by atoms with E-state index in [1.54, 1.807) is 0 Å². The predicted molar refractivity (Wildman–Crippen MR) is 268 cm³/mol. The first-order valence-electron chi connectivity index (χ1n) is 22.7. The lowest BCUT2D eigenvalue weighted by Gasteiger charge is -2.45. The summed E-state index contributed by atoms with van der Waals surface area (Å²) in [6.07, 6.45) is 0. The van der Waals surface area contributed by atoms with E-state index >= 15 is 0 Å². The van der Waals surface area contributed by atoms with E-state index < -0.39 is 5.41 Å². The van der Waals surface area contributed by atoms with Gasteiger partial charge in [0.2, 0.25) is 0 Å². The van der Waals surface area contributed by atoms with Gasteiger partial charge in [0.1, 0.15) is 11.5 Å². The van der Waals surface area contributed by atoms with Gasteiger partial charge in [0.05, 0.1) is 16.4 Å². The van der Waals surface area contributed by atoms with Crippen LogP contribution >= 0.6 is 0 Å². The highest BCUT2D eigenvalue weighted by Crippen LogP contribution is 2.62. The molecular weight excluding hydrogens is 789 g/mol. The number of aromatic nitrogens is 1. The minimum absolute atomic E-state index is 0.0970. The molecule has 1 aromatic heterocycles. The molecule has 14 rings (SSSR count). The first-order valence-corrected chi connectivity index (χ1v) is 22.7. The number of hydrogen-bond donors (Lipinski definition) is 0. The van der Waals surface area contributed by atoms with Gasteiger partial charge in [-0.15, -0.1) is 0 Å². The number of nitrogens with zero attached hydrogens (tertiary/aromatic N) is 2. The Morgan fingerprint density at radius 2 is 1.00 bits per heavy atom. The summed E-state index contributed by atoms with van der Waals surface area (Å²) in [7, 11) is 0. The van der Waals surface area contributed by atoms with Gasteiger partial charge >= 0.3 is 0 Å². The molecule has 1 spiro atoms. The number of benzene rings is 10. The Morgan fingerprint density at radius 3 is 1.86 bits per heavy atom. The van der Waals surface area contributed by atoms with Crippen LogP contribution < -0.4 is 9.64 Å². The zero-order valence-corrected chi connectivity index (χ0v) is 36.1. The van der Waals surface area contributed by atoms with Gasteiger partial charge in [0, 0.05) is 50.1 Å². The molecule has 0 amide bonds. The maximum Gasteiger partial charge on any atom is 0.132 e. The molecule has 1 unspecified atom stereocenters. The summed E-state index contributed by atoms with van der Waals surface area (Å²) in [4.78, 5) is 2.42. The Morgan fingerprint density at radius 1 is 0.385 bits per heavy atom. The summed E-state index contributed by atoms with van der Waals surface area (Å²) in [5.41, 5.74) is 18.8. The monoisotopic (exact) mass is 830 g/mol. The number of para-hydroxylation sites is 3. The zero-order chi connectivity index (χ0) is 43.0. The van der Waals surface area contributed by atoms with Crippen molar-refractivity contribution >= 4 is 49.6 Å². The Bertz CT molecular complexity index is 3800. The Hall–Kier alpha value is -8.14. The van der Waals surface area contributed by atoms with Crippen LogP contribution in [0.25, 0.3) is 60.5 Å². The fraction of sp³-hybridized carbons (Fsp3) is 0.0645. The molecule has 0 fully saturated rings. The van der Waals surface area contributed by atoms with E-state index in [0.29, 0.717) is 0 Å². The van der Waals surface area contributed by atoms with Crippen molar-refractivity contribution in [3.63, 3.8) is 0 Å². The maximum absolute atomic E-state index is 6.94. The van der Waals surface area contributed by atoms with E-state index in [1.807, 2.05) is 0 Å². The van der Waals surface area contributed by atoms with Crippen molar-refractivity contribution in [3.05, 3.63) is 252 Å². The van der Waals surface area contributed by atoms with Crippen molar-refractivity contribution in [2.75, 3.05) is 4.90 Å². The summed E-state index contributed by atoms with van der Waals surface area (Å²) < 4.78 is 9.39. The highest BCUT2D eigenvalue weighted by Gasteiger charge is 2.49. The van der Waals surface area contributed by atoms with Crippen LogP contribution in [0.15, 0.2) is 218 Å². The van der Waals surface area contributed by atoms with Crippen LogP contribution in [0, 0.1) is 0 Å². The van der Waals surface area contributed by atoms with Gasteiger partial charge in [-0.1, -0.05) is 159 Å². The second-order valence-corrected chi connectivity index (χ2v) is 18.4. The van der Waals surface area contributed by atoms with Crippen molar-refractivity contribution < 1.29 is 4.74 Å². The number of rotatable bonds is 4. The number of hydrogen-bond acceptors (Lipinski definition) is 2. The fourth-order valence-electron chi connectivity index (χ4n) is 12.1. The minimum Gasteiger partial charge on any atom is -0.457 e. The van der Waals surface area contributed by atoms with E-state index in [9.17, 15) is 0 Å². The molecule has 10 aromatic carbocycles. The first-order chi connectivity index (χ1) is 32.0. The van der Waals surface area contributed by atoms with Crippen LogP contribution in [-0.4, -0.2) is 4.57 Å². The second kappa shape index (κ2) is 13.2. The third-order valence-corrected chi connectivity index (χ3v) is 14.8. The molecule has 0 radical (unpaired) electrons. The van der Waals surface area contributed by atoms with Crippen LogP contribution in [-0.2, 0) is 10.8 Å². The van der Waals surface area contributed by atoms with Gasteiger partial charge in [-0.25, -0.2) is 0 Å². The number of fused-ring (bicyclic) bond motifs is 14. The zero-order valence-electron chi connectivity index (χ0n) is 36.1. The van der Waals surface area contributed by atoms with Gasteiger partial charge in [-0.05, 0) is 128 Å². The largest absolute Gasteiger partial charge is 0.457 e. The quantitative estimate of drug-likeness (QED) is 0.176. The van der Waals surface area contributed by atoms with E-state index in [-0.39, 0.29) is 5.41 Å². The molecule has 11 aromatic rings. The lowest BCUT2D eigenvalue weighted by Crippen LogP contribution is -2.36. The molecule has 65 heavy (non-hydrogen) atoms.